The van der Waals surface area contributed by atoms with Crippen LogP contribution >= 0.6 is 0 Å². The second-order valence-electron chi connectivity index (χ2n) is 7.46. The molecule has 1 fully saturated rings. The Hall–Kier alpha value is -1.71. The van der Waals surface area contributed by atoms with Gasteiger partial charge in [-0.05, 0) is 24.8 Å². The average Bonchev–Trinajstić information content (AvgIpc) is 2.77. The van der Waals surface area contributed by atoms with Crippen molar-refractivity contribution >= 4 is 23.6 Å². The van der Waals surface area contributed by atoms with Gasteiger partial charge in [0.25, 0.3) is 0 Å². The maximum absolute atomic E-state index is 12.1. The summed E-state index contributed by atoms with van der Waals surface area (Å²) in [6.07, 6.45) is 7.91. The van der Waals surface area contributed by atoms with E-state index in [2.05, 4.69) is 18.7 Å². The predicted molar refractivity (Wildman–Crippen MR) is 120 cm³/mol. The van der Waals surface area contributed by atoms with Crippen LogP contribution < -0.4 is 61.4 Å². The molecular weight excluding hydrogens is 435 g/mol. The van der Waals surface area contributed by atoms with Gasteiger partial charge in [-0.15, -0.1) is 6.07 Å². The van der Waals surface area contributed by atoms with Gasteiger partial charge >= 0.3 is 51.4 Å². The summed E-state index contributed by atoms with van der Waals surface area (Å²) in [5.74, 6) is 1.10. The van der Waals surface area contributed by atoms with E-state index >= 15 is 0 Å². The zero-order chi connectivity index (χ0) is 23.0. The van der Waals surface area contributed by atoms with Gasteiger partial charge < -0.3 is 21.3 Å². The topological polar surface area (TPSA) is 98.5 Å². The summed E-state index contributed by atoms with van der Waals surface area (Å²) >= 11 is 0. The van der Waals surface area contributed by atoms with Crippen LogP contribution in [0.4, 0.5) is 11.4 Å². The third-order valence-electron chi connectivity index (χ3n) is 5.26. The van der Waals surface area contributed by atoms with Crippen molar-refractivity contribution in [2.75, 3.05) is 12.4 Å². The average molecular weight is 463 g/mol. The summed E-state index contributed by atoms with van der Waals surface area (Å²) in [7, 11) is 1.64. The number of hydrogen-bond acceptors (Lipinski definition) is 5. The third-order valence-corrected chi connectivity index (χ3v) is 5.26. The second kappa shape index (κ2) is 13.7. The van der Waals surface area contributed by atoms with Crippen molar-refractivity contribution in [1.82, 2.24) is 0 Å². The summed E-state index contributed by atoms with van der Waals surface area (Å²) in [5, 5.41) is 13.4. The number of nitrogens with one attached hydrogen (secondary N) is 1. The fourth-order valence-electron chi connectivity index (χ4n) is 3.33. The van der Waals surface area contributed by atoms with Crippen molar-refractivity contribution < 1.29 is 70.6 Å². The molecule has 1 aliphatic carbocycles. The number of aryl methyl sites for hydroxylation is 2. The first-order valence-electron chi connectivity index (χ1n) is 10.0. The second-order valence-corrected chi connectivity index (χ2v) is 7.46. The minimum Gasteiger partial charge on any atom is -0.496 e. The molecule has 0 aliphatic heterocycles. The predicted octanol–water partition coefficient (Wildman–Crippen LogP) is 1.88. The van der Waals surface area contributed by atoms with Gasteiger partial charge in [-0.3, -0.25) is 27.4 Å². The van der Waals surface area contributed by atoms with Gasteiger partial charge in [-0.25, -0.2) is 11.1 Å². The molecule has 2 aromatic rings. The molecule has 32 heavy (non-hydrogen) atoms. The maximum Gasteiger partial charge on any atom is 1.00 e. The normalized spacial score (nSPS) is 13.1. The van der Waals surface area contributed by atoms with E-state index in [9.17, 15) is 19.7 Å². The number of rotatable bonds is 5. The Kier molecular flexibility index (Phi) is 12.2. The Bertz CT molecular complexity index is 956. The Morgan fingerprint density at radius 1 is 1.22 bits per heavy atom. The fourth-order valence-corrected chi connectivity index (χ4v) is 3.33. The van der Waals surface area contributed by atoms with E-state index in [1.807, 2.05) is 25.1 Å². The SMILES string of the molecule is COc1cc(NC(=O)C2CC[CH-]CC2)ccc1C.[CH2-]c1c(C)cc([N+](=O)[O-])cc1[C-]=O.[K+]. The molecule has 166 valence electrons. The summed E-state index contributed by atoms with van der Waals surface area (Å²) in [6, 6.07) is 8.31. The third kappa shape index (κ3) is 8.01. The monoisotopic (exact) mass is 462 g/mol. The number of benzene rings is 2. The van der Waals surface area contributed by atoms with E-state index in [4.69, 9.17) is 4.74 Å². The van der Waals surface area contributed by atoms with Crippen LogP contribution in [0.3, 0.4) is 0 Å². The molecule has 1 saturated carbocycles. The minimum absolute atomic E-state index is 0. The van der Waals surface area contributed by atoms with Crippen molar-refractivity contribution in [2.24, 2.45) is 5.92 Å². The van der Waals surface area contributed by atoms with Gasteiger partial charge in [-0.2, -0.15) is 12.8 Å². The molecule has 8 heteroatoms. The molecule has 0 radical (unpaired) electrons. The van der Waals surface area contributed by atoms with Crippen molar-refractivity contribution in [2.45, 2.75) is 39.5 Å². The zero-order valence-electron chi connectivity index (χ0n) is 19.1. The van der Waals surface area contributed by atoms with Crippen LogP contribution in [-0.4, -0.2) is 24.2 Å². The fraction of sp³-hybridized carbons (Fsp3) is 0.333. The molecule has 0 atom stereocenters. The molecule has 0 spiro atoms. The summed E-state index contributed by atoms with van der Waals surface area (Å²) in [6.45, 7) is 7.26. The van der Waals surface area contributed by atoms with Crippen LogP contribution in [0.15, 0.2) is 30.3 Å². The van der Waals surface area contributed by atoms with Crippen LogP contribution in [0, 0.1) is 43.2 Å². The first-order valence-corrected chi connectivity index (χ1v) is 10.0. The maximum atomic E-state index is 12.1. The number of amides is 1. The summed E-state index contributed by atoms with van der Waals surface area (Å²) in [5.41, 5.74) is 3.03. The standard InChI is InChI=1S/C15H20NO2.C9H7NO3.K/c1-11-8-9-13(10-14(11)18-2)16-15(17)12-6-4-3-5-7-12;1-6-3-9(10(12)13)4-8(5-11)7(6)2;/h3,8-10,12H,4-7H2,1-2H3,(H,16,17);3-4H,2H2,1H3;/q-1;-2;+1. The van der Waals surface area contributed by atoms with Gasteiger partial charge in [0, 0.05) is 22.6 Å². The van der Waals surface area contributed by atoms with Gasteiger partial charge in [0.15, 0.2) is 5.69 Å². The Labute approximate surface area is 231 Å². The number of carbonyl (C=O) groups excluding carboxylic acids is 2. The minimum atomic E-state index is -0.548. The van der Waals surface area contributed by atoms with E-state index in [-0.39, 0.29) is 74.5 Å². The number of nitro groups is 1. The van der Waals surface area contributed by atoms with E-state index in [1.54, 1.807) is 20.3 Å². The molecule has 3 rings (SSSR count). The summed E-state index contributed by atoms with van der Waals surface area (Å²) < 4.78 is 5.26. The quantitative estimate of drug-likeness (QED) is 0.317. The molecule has 2 aromatic carbocycles. The van der Waals surface area contributed by atoms with Crippen LogP contribution in [0.25, 0.3) is 0 Å². The smallest absolute Gasteiger partial charge is 0.496 e. The molecule has 0 aromatic heterocycles. The Morgan fingerprint density at radius 3 is 2.44 bits per heavy atom. The number of non-ortho nitro benzene ring substituents is 1. The zero-order valence-corrected chi connectivity index (χ0v) is 22.2. The van der Waals surface area contributed by atoms with Crippen molar-refractivity contribution in [3.63, 3.8) is 0 Å². The van der Waals surface area contributed by atoms with Crippen LogP contribution in [-0.2, 0) is 9.59 Å². The molecule has 1 N–H and O–H groups in total. The van der Waals surface area contributed by atoms with E-state index in [0.29, 0.717) is 11.1 Å². The van der Waals surface area contributed by atoms with Crippen molar-refractivity contribution in [1.29, 1.82) is 0 Å². The van der Waals surface area contributed by atoms with E-state index in [0.717, 1.165) is 42.7 Å². The van der Waals surface area contributed by atoms with Crippen LogP contribution in [0.1, 0.15) is 47.9 Å². The van der Waals surface area contributed by atoms with Gasteiger partial charge in [0.05, 0.1) is 7.11 Å². The Balaban J connectivity index is 0.000000327. The number of nitro benzene ring substituents is 1. The number of ether oxygens (including phenoxy) is 1. The molecule has 0 unspecified atom stereocenters. The number of hydrogen-bond donors (Lipinski definition) is 1. The van der Waals surface area contributed by atoms with Crippen LogP contribution in [0.5, 0.6) is 5.75 Å². The van der Waals surface area contributed by atoms with Gasteiger partial charge in [-0.1, -0.05) is 31.9 Å². The summed E-state index contributed by atoms with van der Waals surface area (Å²) in [4.78, 5) is 32.3. The largest absolute Gasteiger partial charge is 1.00 e. The number of anilines is 1. The molecule has 0 heterocycles. The van der Waals surface area contributed by atoms with E-state index < -0.39 is 4.92 Å². The Morgan fingerprint density at radius 2 is 1.88 bits per heavy atom. The van der Waals surface area contributed by atoms with Gasteiger partial charge in [0.2, 0.25) is 5.91 Å². The molecule has 7 nitrogen and oxygen atoms in total. The number of carbonyl (C=O) groups is 1. The van der Waals surface area contributed by atoms with Crippen molar-refractivity contribution in [3.8, 4) is 5.75 Å². The van der Waals surface area contributed by atoms with Crippen LogP contribution in [0.2, 0.25) is 0 Å². The molecule has 0 saturated heterocycles. The van der Waals surface area contributed by atoms with E-state index in [1.165, 1.54) is 12.1 Å². The molecule has 1 amide bonds. The number of methoxy groups -OCH3 is 1. The van der Waals surface area contributed by atoms with Crippen molar-refractivity contribution in [3.05, 3.63) is 76.0 Å². The molecular formula is C24H27KN2O5-2. The van der Waals surface area contributed by atoms with Gasteiger partial charge in [0.1, 0.15) is 5.75 Å². The number of nitrogens with zero attached hydrogens (tertiary/aromatic N) is 1. The first-order chi connectivity index (χ1) is 14.8. The first kappa shape index (κ1) is 28.3. The molecule has 1 aliphatic rings. The molecule has 0 bridgehead atoms.